The zero-order valence-corrected chi connectivity index (χ0v) is 19.3. The number of aryl methyl sites for hydroxylation is 1. The van der Waals surface area contributed by atoms with Crippen molar-refractivity contribution in [2.45, 2.75) is 11.8 Å². The topological polar surface area (TPSA) is 111 Å². The van der Waals surface area contributed by atoms with Crippen LogP contribution in [-0.4, -0.2) is 29.6 Å². The number of hydrogen-bond acceptors (Lipinski definition) is 6. The van der Waals surface area contributed by atoms with E-state index in [2.05, 4.69) is 10.6 Å². The van der Waals surface area contributed by atoms with Crippen LogP contribution in [0.25, 0.3) is 0 Å². The van der Waals surface area contributed by atoms with Crippen molar-refractivity contribution in [1.82, 2.24) is 0 Å². The molecule has 0 unspecified atom stereocenters. The van der Waals surface area contributed by atoms with Crippen LogP contribution >= 0.6 is 23.4 Å². The van der Waals surface area contributed by atoms with E-state index in [1.54, 1.807) is 36.4 Å². The zero-order valence-electron chi connectivity index (χ0n) is 17.8. The molecule has 0 spiro atoms. The highest BCUT2D eigenvalue weighted by molar-refractivity contribution is 8.00. The number of thioether (sulfide) groups is 1. The van der Waals surface area contributed by atoms with Crippen LogP contribution in [-0.2, 0) is 4.79 Å². The molecule has 0 saturated carbocycles. The van der Waals surface area contributed by atoms with Gasteiger partial charge in [0, 0.05) is 39.4 Å². The fraction of sp³-hybridized carbons (Fsp3) is 0.130. The lowest BCUT2D eigenvalue weighted by Gasteiger charge is -2.12. The minimum Gasteiger partial charge on any atom is -0.495 e. The van der Waals surface area contributed by atoms with E-state index in [1.807, 2.05) is 6.92 Å². The Kier molecular flexibility index (Phi) is 7.92. The number of carbonyl (C=O) groups excluding carboxylic acids is 2. The van der Waals surface area contributed by atoms with Crippen molar-refractivity contribution in [2.24, 2.45) is 0 Å². The quantitative estimate of drug-likeness (QED) is 0.246. The molecule has 2 N–H and O–H groups in total. The summed E-state index contributed by atoms with van der Waals surface area (Å²) in [4.78, 5) is 35.9. The maximum Gasteiger partial charge on any atom is 0.270 e. The summed E-state index contributed by atoms with van der Waals surface area (Å²) < 4.78 is 5.27. The Morgan fingerprint density at radius 3 is 2.48 bits per heavy atom. The largest absolute Gasteiger partial charge is 0.495 e. The molecule has 0 aliphatic rings. The molecule has 3 aromatic carbocycles. The van der Waals surface area contributed by atoms with Crippen LogP contribution in [0.1, 0.15) is 15.9 Å². The molecular formula is C23H20ClN3O5S. The third kappa shape index (κ3) is 6.47. The lowest BCUT2D eigenvalue weighted by Crippen LogP contribution is -2.15. The molecule has 33 heavy (non-hydrogen) atoms. The molecule has 10 heteroatoms. The second-order valence-electron chi connectivity index (χ2n) is 6.92. The summed E-state index contributed by atoms with van der Waals surface area (Å²) in [6, 6.07) is 15.8. The van der Waals surface area contributed by atoms with Crippen molar-refractivity contribution < 1.29 is 19.2 Å². The summed E-state index contributed by atoms with van der Waals surface area (Å²) >= 11 is 7.42. The summed E-state index contributed by atoms with van der Waals surface area (Å²) in [6.07, 6.45) is 0. The number of ether oxygens (including phenoxy) is 1. The Hall–Kier alpha value is -3.56. The average molecular weight is 486 g/mol. The highest BCUT2D eigenvalue weighted by Crippen LogP contribution is 2.31. The number of carbonyl (C=O) groups is 2. The molecule has 3 aromatic rings. The van der Waals surface area contributed by atoms with Gasteiger partial charge in [-0.2, -0.15) is 0 Å². The highest BCUT2D eigenvalue weighted by Gasteiger charge is 2.13. The van der Waals surface area contributed by atoms with E-state index in [9.17, 15) is 19.7 Å². The smallest absolute Gasteiger partial charge is 0.270 e. The van der Waals surface area contributed by atoms with Gasteiger partial charge < -0.3 is 15.4 Å². The van der Waals surface area contributed by atoms with Crippen molar-refractivity contribution in [3.63, 3.8) is 0 Å². The molecule has 0 radical (unpaired) electrons. The van der Waals surface area contributed by atoms with Gasteiger partial charge in [0.05, 0.1) is 23.5 Å². The number of nitro benzene ring substituents is 1. The molecule has 2 amide bonds. The number of benzene rings is 3. The minimum absolute atomic E-state index is 0.154. The van der Waals surface area contributed by atoms with Gasteiger partial charge in [-0.25, -0.2) is 0 Å². The van der Waals surface area contributed by atoms with E-state index >= 15 is 0 Å². The first-order valence-corrected chi connectivity index (χ1v) is 11.1. The Labute approximate surface area is 199 Å². The van der Waals surface area contributed by atoms with Crippen molar-refractivity contribution in [2.75, 3.05) is 23.5 Å². The van der Waals surface area contributed by atoms with Crippen LogP contribution in [0.3, 0.4) is 0 Å². The molecule has 8 nitrogen and oxygen atoms in total. The van der Waals surface area contributed by atoms with Gasteiger partial charge in [0.1, 0.15) is 5.75 Å². The summed E-state index contributed by atoms with van der Waals surface area (Å²) in [5, 5.41) is 16.9. The second kappa shape index (κ2) is 10.8. The Bertz CT molecular complexity index is 1200. The van der Waals surface area contributed by atoms with Crippen LogP contribution in [0.2, 0.25) is 5.02 Å². The number of halogens is 1. The standard InChI is InChI=1S/C23H20ClN3O5S/c1-14-10-20(21(32-2)12-19(14)24)26-22(28)13-33-18-8-6-16(7-9-18)25-23(29)15-4-3-5-17(11-15)27(30)31/h3-12H,13H2,1-2H3,(H,25,29)(H,26,28). The van der Waals surface area contributed by atoms with Crippen molar-refractivity contribution in [3.8, 4) is 5.75 Å². The first kappa shape index (κ1) is 24.1. The van der Waals surface area contributed by atoms with Gasteiger partial charge >= 0.3 is 0 Å². The zero-order chi connectivity index (χ0) is 24.0. The molecule has 0 atom stereocenters. The molecule has 0 bridgehead atoms. The third-order valence-corrected chi connectivity index (χ3v) is 5.98. The van der Waals surface area contributed by atoms with Gasteiger partial charge in [0.15, 0.2) is 0 Å². The molecule has 0 aliphatic carbocycles. The SMILES string of the molecule is COc1cc(Cl)c(C)cc1NC(=O)CSc1ccc(NC(=O)c2cccc([N+](=O)[O-])c2)cc1. The maximum absolute atomic E-state index is 12.4. The number of amides is 2. The number of methoxy groups -OCH3 is 1. The predicted molar refractivity (Wildman–Crippen MR) is 130 cm³/mol. The summed E-state index contributed by atoms with van der Waals surface area (Å²) in [7, 11) is 1.50. The number of nitrogens with zero attached hydrogens (tertiary/aromatic N) is 1. The number of hydrogen-bond donors (Lipinski definition) is 2. The van der Waals surface area contributed by atoms with Gasteiger partial charge in [-0.3, -0.25) is 19.7 Å². The van der Waals surface area contributed by atoms with Gasteiger partial charge in [0.25, 0.3) is 11.6 Å². The molecule has 170 valence electrons. The Morgan fingerprint density at radius 2 is 1.82 bits per heavy atom. The summed E-state index contributed by atoms with van der Waals surface area (Å²) in [5.41, 5.74) is 1.93. The van der Waals surface area contributed by atoms with Crippen molar-refractivity contribution >= 4 is 52.2 Å². The molecule has 0 heterocycles. The van der Waals surface area contributed by atoms with Gasteiger partial charge in [-0.1, -0.05) is 17.7 Å². The average Bonchev–Trinajstić information content (AvgIpc) is 2.80. The maximum atomic E-state index is 12.4. The lowest BCUT2D eigenvalue weighted by molar-refractivity contribution is -0.384. The van der Waals surface area contributed by atoms with E-state index < -0.39 is 10.8 Å². The normalized spacial score (nSPS) is 10.4. The van der Waals surface area contributed by atoms with Crippen LogP contribution in [0.15, 0.2) is 65.6 Å². The number of rotatable bonds is 8. The predicted octanol–water partition coefficient (Wildman–Crippen LogP) is 5.55. The highest BCUT2D eigenvalue weighted by atomic mass is 35.5. The Balaban J connectivity index is 1.56. The fourth-order valence-electron chi connectivity index (χ4n) is 2.86. The number of nitrogens with one attached hydrogen (secondary N) is 2. The van der Waals surface area contributed by atoms with E-state index in [0.29, 0.717) is 22.1 Å². The third-order valence-electron chi connectivity index (χ3n) is 4.56. The molecule has 0 aliphatic heterocycles. The van der Waals surface area contributed by atoms with Crippen LogP contribution in [0.5, 0.6) is 5.75 Å². The monoisotopic (exact) mass is 485 g/mol. The van der Waals surface area contributed by atoms with Gasteiger partial charge in [0.2, 0.25) is 5.91 Å². The second-order valence-corrected chi connectivity index (χ2v) is 8.38. The fourth-order valence-corrected chi connectivity index (χ4v) is 3.72. The van der Waals surface area contributed by atoms with Crippen LogP contribution in [0, 0.1) is 17.0 Å². The van der Waals surface area contributed by atoms with Gasteiger partial charge in [-0.15, -0.1) is 11.8 Å². The van der Waals surface area contributed by atoms with E-state index in [0.717, 1.165) is 10.5 Å². The number of anilines is 2. The van der Waals surface area contributed by atoms with Crippen LogP contribution < -0.4 is 15.4 Å². The number of non-ortho nitro benzene ring substituents is 1. The first-order valence-electron chi connectivity index (χ1n) is 9.69. The molecule has 3 rings (SSSR count). The molecule has 0 aromatic heterocycles. The summed E-state index contributed by atoms with van der Waals surface area (Å²) in [6.45, 7) is 1.84. The minimum atomic E-state index is -0.552. The van der Waals surface area contributed by atoms with E-state index in [4.69, 9.17) is 16.3 Å². The first-order chi connectivity index (χ1) is 15.8. The Morgan fingerprint density at radius 1 is 1.09 bits per heavy atom. The molecular weight excluding hydrogens is 466 g/mol. The molecule has 0 saturated heterocycles. The number of nitro groups is 1. The lowest BCUT2D eigenvalue weighted by atomic mass is 10.2. The van der Waals surface area contributed by atoms with E-state index in [-0.39, 0.29) is 22.9 Å². The van der Waals surface area contributed by atoms with Crippen LogP contribution in [0.4, 0.5) is 17.1 Å². The van der Waals surface area contributed by atoms with E-state index in [1.165, 1.54) is 43.1 Å². The summed E-state index contributed by atoms with van der Waals surface area (Å²) in [5.74, 6) is -0.00827. The van der Waals surface area contributed by atoms with Gasteiger partial charge in [-0.05, 0) is 48.9 Å². The molecule has 0 fully saturated rings. The van der Waals surface area contributed by atoms with Crippen molar-refractivity contribution in [3.05, 3.63) is 86.9 Å². The van der Waals surface area contributed by atoms with Crippen molar-refractivity contribution in [1.29, 1.82) is 0 Å².